The number of carboxylic acids is 1. The molecule has 1 aliphatic heterocycles. The molecule has 2 aliphatic rings. The number of amides is 1. The Morgan fingerprint density at radius 2 is 1.84 bits per heavy atom. The molecule has 1 saturated heterocycles. The number of carboxylic acid groups (broad SMARTS) is 1. The van der Waals surface area contributed by atoms with Gasteiger partial charge in [0.15, 0.2) is 0 Å². The Kier molecular flexibility index (Phi) is 3.23. The first-order chi connectivity index (χ1) is 8.67. The lowest BCUT2D eigenvalue weighted by molar-refractivity contribution is -0.140. The lowest BCUT2D eigenvalue weighted by atomic mass is 9.91. The maximum Gasteiger partial charge on any atom is 0.410 e. The molecule has 2 rings (SSSR count). The molecule has 5 nitrogen and oxygen atoms in total. The smallest absolute Gasteiger partial charge is 0.410 e. The maximum atomic E-state index is 13.7. The van der Waals surface area contributed by atoms with Gasteiger partial charge in [0.2, 0.25) is 0 Å². The van der Waals surface area contributed by atoms with E-state index in [0.29, 0.717) is 25.9 Å². The highest BCUT2D eigenvalue weighted by atomic mass is 19.1. The van der Waals surface area contributed by atoms with E-state index in [4.69, 9.17) is 9.84 Å². The number of halogens is 1. The van der Waals surface area contributed by atoms with Gasteiger partial charge in [-0.1, -0.05) is 0 Å². The topological polar surface area (TPSA) is 66.8 Å². The third kappa shape index (κ3) is 2.53. The standard InChI is InChI=1S/C13H20FNO4/c1-12(2,3)19-11(18)15-6-4-13(5-7-15)8(9(13)14)10(16)17/h8-9H,4-7H2,1-3H3,(H,16,17). The van der Waals surface area contributed by atoms with E-state index in [-0.39, 0.29) is 0 Å². The van der Waals surface area contributed by atoms with Gasteiger partial charge < -0.3 is 14.7 Å². The van der Waals surface area contributed by atoms with Crippen molar-refractivity contribution in [3.63, 3.8) is 0 Å². The summed E-state index contributed by atoms with van der Waals surface area (Å²) in [5.74, 6) is -1.97. The summed E-state index contributed by atoms with van der Waals surface area (Å²) in [5.41, 5.74) is -1.30. The number of carbonyl (C=O) groups excluding carboxylic acids is 1. The Morgan fingerprint density at radius 3 is 2.21 bits per heavy atom. The second-order valence-corrected chi connectivity index (χ2v) is 6.42. The largest absolute Gasteiger partial charge is 0.481 e. The Bertz CT molecular complexity index is 396. The molecule has 1 N–H and O–H groups in total. The fraction of sp³-hybridized carbons (Fsp3) is 0.846. The van der Waals surface area contributed by atoms with Gasteiger partial charge in [-0.25, -0.2) is 9.18 Å². The molecular weight excluding hydrogens is 253 g/mol. The number of nitrogens with zero attached hydrogens (tertiary/aromatic N) is 1. The molecule has 108 valence electrons. The Hall–Kier alpha value is -1.33. The van der Waals surface area contributed by atoms with E-state index >= 15 is 0 Å². The summed E-state index contributed by atoms with van der Waals surface area (Å²) < 4.78 is 18.9. The van der Waals surface area contributed by atoms with Crippen molar-refractivity contribution in [2.45, 2.75) is 45.4 Å². The molecule has 6 heteroatoms. The molecule has 2 atom stereocenters. The third-order valence-corrected chi connectivity index (χ3v) is 3.96. The van der Waals surface area contributed by atoms with Crippen molar-refractivity contribution in [3.8, 4) is 0 Å². The van der Waals surface area contributed by atoms with Crippen LogP contribution in [0.3, 0.4) is 0 Å². The van der Waals surface area contributed by atoms with Crippen molar-refractivity contribution in [2.24, 2.45) is 11.3 Å². The van der Waals surface area contributed by atoms with Crippen molar-refractivity contribution in [1.29, 1.82) is 0 Å². The van der Waals surface area contributed by atoms with E-state index in [1.165, 1.54) is 4.90 Å². The molecule has 0 radical (unpaired) electrons. The van der Waals surface area contributed by atoms with Crippen LogP contribution in [-0.4, -0.2) is 46.9 Å². The van der Waals surface area contributed by atoms with Crippen LogP contribution in [0.25, 0.3) is 0 Å². The quantitative estimate of drug-likeness (QED) is 0.794. The molecule has 1 spiro atoms. The molecule has 1 amide bonds. The van der Waals surface area contributed by atoms with Gasteiger partial charge in [0.25, 0.3) is 0 Å². The molecule has 0 aromatic rings. The predicted molar refractivity (Wildman–Crippen MR) is 65.5 cm³/mol. The number of rotatable bonds is 1. The lowest BCUT2D eigenvalue weighted by Gasteiger charge is -2.33. The molecule has 19 heavy (non-hydrogen) atoms. The van der Waals surface area contributed by atoms with Crippen LogP contribution in [0.2, 0.25) is 0 Å². The molecule has 2 fully saturated rings. The molecule has 2 unspecified atom stereocenters. The molecule has 0 bridgehead atoms. The highest BCUT2D eigenvalue weighted by Crippen LogP contribution is 2.61. The van der Waals surface area contributed by atoms with Crippen LogP contribution in [0.1, 0.15) is 33.6 Å². The van der Waals surface area contributed by atoms with E-state index < -0.39 is 35.2 Å². The fourth-order valence-electron chi connectivity index (χ4n) is 2.83. The zero-order valence-electron chi connectivity index (χ0n) is 11.5. The molecule has 1 aliphatic carbocycles. The normalized spacial score (nSPS) is 29.2. The van der Waals surface area contributed by atoms with E-state index in [1.807, 2.05) is 0 Å². The number of piperidine rings is 1. The highest BCUT2D eigenvalue weighted by Gasteiger charge is 2.70. The monoisotopic (exact) mass is 273 g/mol. The van der Waals surface area contributed by atoms with E-state index in [1.54, 1.807) is 20.8 Å². The van der Waals surface area contributed by atoms with Crippen molar-refractivity contribution in [1.82, 2.24) is 4.90 Å². The minimum absolute atomic E-state index is 0.360. The highest BCUT2D eigenvalue weighted by molar-refractivity contribution is 5.77. The summed E-state index contributed by atoms with van der Waals surface area (Å²) in [6.07, 6.45) is -0.898. The summed E-state index contributed by atoms with van der Waals surface area (Å²) in [7, 11) is 0. The number of likely N-dealkylation sites (tertiary alicyclic amines) is 1. The zero-order valence-corrected chi connectivity index (χ0v) is 11.5. The number of hydrogen-bond donors (Lipinski definition) is 1. The maximum absolute atomic E-state index is 13.7. The summed E-state index contributed by atoms with van der Waals surface area (Å²) in [6.45, 7) is 6.08. The summed E-state index contributed by atoms with van der Waals surface area (Å²) >= 11 is 0. The second kappa shape index (κ2) is 4.35. The van der Waals surface area contributed by atoms with Crippen LogP contribution in [-0.2, 0) is 9.53 Å². The average molecular weight is 273 g/mol. The van der Waals surface area contributed by atoms with Gasteiger partial charge in [-0.05, 0) is 33.6 Å². The first-order valence-electron chi connectivity index (χ1n) is 6.52. The number of ether oxygens (including phenoxy) is 1. The van der Waals surface area contributed by atoms with Crippen molar-refractivity contribution < 1.29 is 23.8 Å². The summed E-state index contributed by atoms with van der Waals surface area (Å²) in [5, 5.41) is 8.92. The zero-order chi connectivity index (χ0) is 14.4. The second-order valence-electron chi connectivity index (χ2n) is 6.42. The Labute approximate surface area is 111 Å². The first kappa shape index (κ1) is 14.1. The van der Waals surface area contributed by atoms with Gasteiger partial charge in [-0.2, -0.15) is 0 Å². The first-order valence-corrected chi connectivity index (χ1v) is 6.52. The Balaban J connectivity index is 1.90. The van der Waals surface area contributed by atoms with Crippen LogP contribution in [0.5, 0.6) is 0 Å². The van der Waals surface area contributed by atoms with Crippen molar-refractivity contribution >= 4 is 12.1 Å². The SMILES string of the molecule is CC(C)(C)OC(=O)N1CCC2(CC1)C(F)C2C(=O)O. The lowest BCUT2D eigenvalue weighted by Crippen LogP contribution is -2.43. The van der Waals surface area contributed by atoms with Gasteiger partial charge in [0.1, 0.15) is 11.8 Å². The van der Waals surface area contributed by atoms with Crippen LogP contribution < -0.4 is 0 Å². The van der Waals surface area contributed by atoms with E-state index in [2.05, 4.69) is 0 Å². The van der Waals surface area contributed by atoms with Crippen LogP contribution in [0.4, 0.5) is 9.18 Å². The van der Waals surface area contributed by atoms with Gasteiger partial charge in [-0.3, -0.25) is 4.79 Å². The Morgan fingerprint density at radius 1 is 1.32 bits per heavy atom. The van der Waals surface area contributed by atoms with E-state index in [0.717, 1.165) is 0 Å². The summed E-state index contributed by atoms with van der Waals surface area (Å²) in [4.78, 5) is 24.3. The third-order valence-electron chi connectivity index (χ3n) is 3.96. The van der Waals surface area contributed by atoms with Crippen LogP contribution >= 0.6 is 0 Å². The van der Waals surface area contributed by atoms with Gasteiger partial charge in [0.05, 0.1) is 5.92 Å². The average Bonchev–Trinajstić information content (AvgIpc) is 2.81. The minimum atomic E-state index is -1.27. The predicted octanol–water partition coefficient (Wildman–Crippen LogP) is 2.06. The van der Waals surface area contributed by atoms with Crippen LogP contribution in [0.15, 0.2) is 0 Å². The van der Waals surface area contributed by atoms with Gasteiger partial charge >= 0.3 is 12.1 Å². The number of hydrogen-bond acceptors (Lipinski definition) is 3. The van der Waals surface area contributed by atoms with Crippen LogP contribution in [0, 0.1) is 11.3 Å². The fourth-order valence-corrected chi connectivity index (χ4v) is 2.83. The molecule has 0 aromatic carbocycles. The minimum Gasteiger partial charge on any atom is -0.481 e. The number of aliphatic carboxylic acids is 1. The van der Waals surface area contributed by atoms with E-state index in [9.17, 15) is 14.0 Å². The molecule has 1 heterocycles. The molecule has 0 aromatic heterocycles. The molecular formula is C13H20FNO4. The van der Waals surface area contributed by atoms with Crippen molar-refractivity contribution in [3.05, 3.63) is 0 Å². The molecule has 1 saturated carbocycles. The summed E-state index contributed by atoms with van der Waals surface area (Å²) in [6, 6.07) is 0. The number of carbonyl (C=O) groups is 2. The van der Waals surface area contributed by atoms with Gasteiger partial charge in [-0.15, -0.1) is 0 Å². The number of alkyl halides is 1. The van der Waals surface area contributed by atoms with Crippen molar-refractivity contribution in [2.75, 3.05) is 13.1 Å². The van der Waals surface area contributed by atoms with Gasteiger partial charge in [0, 0.05) is 18.5 Å².